The van der Waals surface area contributed by atoms with Crippen LogP contribution in [0.25, 0.3) is 0 Å². The third kappa shape index (κ3) is 2.29. The van der Waals surface area contributed by atoms with Gasteiger partial charge in [-0.25, -0.2) is 8.78 Å². The molecule has 0 amide bonds. The SMILES string of the molecule is OC1(CCc2c(F)ccc(Cl)c2F)CC1. The fourth-order valence-electron chi connectivity index (χ4n) is 1.55. The van der Waals surface area contributed by atoms with E-state index in [1.54, 1.807) is 0 Å². The normalized spacial score (nSPS) is 17.9. The molecule has 4 heteroatoms. The lowest BCUT2D eigenvalue weighted by molar-refractivity contribution is 0.140. The van der Waals surface area contributed by atoms with Gasteiger partial charge in [-0.15, -0.1) is 0 Å². The van der Waals surface area contributed by atoms with E-state index in [0.717, 1.165) is 18.9 Å². The second kappa shape index (κ2) is 3.72. The molecule has 0 heterocycles. The number of halogens is 3. The molecule has 2 rings (SSSR count). The van der Waals surface area contributed by atoms with Crippen LogP contribution in [-0.4, -0.2) is 10.7 Å². The van der Waals surface area contributed by atoms with E-state index in [1.165, 1.54) is 6.07 Å². The zero-order chi connectivity index (χ0) is 11.1. The van der Waals surface area contributed by atoms with Gasteiger partial charge >= 0.3 is 0 Å². The van der Waals surface area contributed by atoms with Gasteiger partial charge < -0.3 is 5.11 Å². The Morgan fingerprint density at radius 2 is 2.00 bits per heavy atom. The largest absolute Gasteiger partial charge is 0.390 e. The van der Waals surface area contributed by atoms with Crippen LogP contribution in [0.15, 0.2) is 12.1 Å². The van der Waals surface area contributed by atoms with Gasteiger partial charge in [0, 0.05) is 5.56 Å². The van der Waals surface area contributed by atoms with Crippen LogP contribution < -0.4 is 0 Å². The van der Waals surface area contributed by atoms with Crippen molar-refractivity contribution in [2.45, 2.75) is 31.3 Å². The quantitative estimate of drug-likeness (QED) is 0.794. The predicted octanol–water partition coefficient (Wildman–Crippen LogP) is 3.08. The fourth-order valence-corrected chi connectivity index (χ4v) is 1.73. The first-order valence-electron chi connectivity index (χ1n) is 4.87. The molecule has 1 aromatic carbocycles. The second-order valence-electron chi connectivity index (χ2n) is 4.05. The summed E-state index contributed by atoms with van der Waals surface area (Å²) in [7, 11) is 0. The number of rotatable bonds is 3. The molecule has 1 aliphatic rings. The minimum absolute atomic E-state index is 0.0252. The lowest BCUT2D eigenvalue weighted by atomic mass is 10.0. The van der Waals surface area contributed by atoms with E-state index in [1.807, 2.05) is 0 Å². The summed E-state index contributed by atoms with van der Waals surface area (Å²) in [5.41, 5.74) is -0.718. The van der Waals surface area contributed by atoms with E-state index in [4.69, 9.17) is 11.6 Å². The highest BCUT2D eigenvalue weighted by molar-refractivity contribution is 6.30. The van der Waals surface area contributed by atoms with Crippen LogP contribution in [0.3, 0.4) is 0 Å². The van der Waals surface area contributed by atoms with Crippen molar-refractivity contribution in [2.75, 3.05) is 0 Å². The van der Waals surface area contributed by atoms with Crippen LogP contribution in [0, 0.1) is 11.6 Å². The van der Waals surface area contributed by atoms with E-state index < -0.39 is 17.2 Å². The Hall–Kier alpha value is -0.670. The minimum Gasteiger partial charge on any atom is -0.390 e. The van der Waals surface area contributed by atoms with E-state index in [0.29, 0.717) is 6.42 Å². The Bertz CT molecular complexity index is 388. The van der Waals surface area contributed by atoms with Gasteiger partial charge in [-0.2, -0.15) is 0 Å². The summed E-state index contributed by atoms with van der Waals surface area (Å²) in [6.45, 7) is 0. The van der Waals surface area contributed by atoms with Gasteiger partial charge in [0.25, 0.3) is 0 Å². The van der Waals surface area contributed by atoms with Crippen LogP contribution in [0.1, 0.15) is 24.8 Å². The van der Waals surface area contributed by atoms with Crippen LogP contribution in [0.2, 0.25) is 5.02 Å². The lowest BCUT2D eigenvalue weighted by Gasteiger charge is -2.09. The average molecular weight is 233 g/mol. The van der Waals surface area contributed by atoms with Crippen molar-refractivity contribution in [2.24, 2.45) is 0 Å². The van der Waals surface area contributed by atoms with E-state index in [-0.39, 0.29) is 17.0 Å². The molecule has 0 aromatic heterocycles. The molecule has 0 radical (unpaired) electrons. The molecule has 0 bridgehead atoms. The Labute approximate surface area is 91.7 Å². The topological polar surface area (TPSA) is 20.2 Å². The molecule has 1 N–H and O–H groups in total. The molecular formula is C11H11ClF2O. The third-order valence-electron chi connectivity index (χ3n) is 2.81. The van der Waals surface area contributed by atoms with E-state index in [2.05, 4.69) is 0 Å². The molecule has 0 aliphatic heterocycles. The Morgan fingerprint density at radius 1 is 1.33 bits per heavy atom. The van der Waals surface area contributed by atoms with Gasteiger partial charge in [-0.1, -0.05) is 11.6 Å². The number of hydrogen-bond acceptors (Lipinski definition) is 1. The molecule has 0 unspecified atom stereocenters. The van der Waals surface area contributed by atoms with Crippen LogP contribution >= 0.6 is 11.6 Å². The maximum atomic E-state index is 13.4. The third-order valence-corrected chi connectivity index (χ3v) is 3.10. The fraction of sp³-hybridized carbons (Fsp3) is 0.455. The van der Waals surface area contributed by atoms with Crippen molar-refractivity contribution in [3.05, 3.63) is 34.4 Å². The molecule has 1 aromatic rings. The summed E-state index contributed by atoms with van der Waals surface area (Å²) in [5, 5.41) is 9.49. The smallest absolute Gasteiger partial charge is 0.147 e. The summed E-state index contributed by atoms with van der Waals surface area (Å²) in [6, 6.07) is 2.35. The Balaban J connectivity index is 2.16. The van der Waals surface area contributed by atoms with Crippen molar-refractivity contribution >= 4 is 11.6 Å². The monoisotopic (exact) mass is 232 g/mol. The van der Waals surface area contributed by atoms with Gasteiger partial charge in [-0.05, 0) is 37.8 Å². The van der Waals surface area contributed by atoms with Gasteiger partial charge in [-0.3, -0.25) is 0 Å². The first-order chi connectivity index (χ1) is 7.02. The second-order valence-corrected chi connectivity index (χ2v) is 4.45. The molecule has 1 aliphatic carbocycles. The van der Waals surface area contributed by atoms with E-state index in [9.17, 15) is 13.9 Å². The van der Waals surface area contributed by atoms with E-state index >= 15 is 0 Å². The van der Waals surface area contributed by atoms with Gasteiger partial charge in [0.15, 0.2) is 0 Å². The van der Waals surface area contributed by atoms with Crippen molar-refractivity contribution in [3.8, 4) is 0 Å². The van der Waals surface area contributed by atoms with Crippen molar-refractivity contribution in [3.63, 3.8) is 0 Å². The van der Waals surface area contributed by atoms with Crippen molar-refractivity contribution in [1.29, 1.82) is 0 Å². The molecule has 0 spiro atoms. The summed E-state index contributed by atoms with van der Waals surface area (Å²) in [5.74, 6) is -1.30. The summed E-state index contributed by atoms with van der Waals surface area (Å²) in [4.78, 5) is 0. The highest BCUT2D eigenvalue weighted by atomic mass is 35.5. The molecular weight excluding hydrogens is 222 g/mol. The molecule has 0 atom stereocenters. The highest BCUT2D eigenvalue weighted by Gasteiger charge is 2.39. The number of benzene rings is 1. The number of aliphatic hydroxyl groups is 1. The zero-order valence-corrected chi connectivity index (χ0v) is 8.82. The standard InChI is InChI=1S/C11H11ClF2O/c12-8-1-2-9(13)7(10(8)14)3-4-11(15)5-6-11/h1-2,15H,3-6H2. The maximum absolute atomic E-state index is 13.4. The Morgan fingerprint density at radius 3 is 2.60 bits per heavy atom. The minimum atomic E-state index is -0.707. The van der Waals surface area contributed by atoms with Gasteiger partial charge in [0.1, 0.15) is 11.6 Å². The first-order valence-corrected chi connectivity index (χ1v) is 5.24. The number of hydrogen-bond donors (Lipinski definition) is 1. The summed E-state index contributed by atoms with van der Waals surface area (Å²) < 4.78 is 26.7. The van der Waals surface area contributed by atoms with Crippen LogP contribution in [0.4, 0.5) is 8.78 Å². The van der Waals surface area contributed by atoms with Gasteiger partial charge in [0.05, 0.1) is 10.6 Å². The van der Waals surface area contributed by atoms with Crippen LogP contribution in [0.5, 0.6) is 0 Å². The molecule has 1 fully saturated rings. The molecule has 15 heavy (non-hydrogen) atoms. The molecule has 1 saturated carbocycles. The molecule has 1 nitrogen and oxygen atoms in total. The van der Waals surface area contributed by atoms with Crippen LogP contribution in [-0.2, 0) is 6.42 Å². The zero-order valence-electron chi connectivity index (χ0n) is 8.06. The molecule has 82 valence electrons. The van der Waals surface area contributed by atoms with Gasteiger partial charge in [0.2, 0.25) is 0 Å². The lowest BCUT2D eigenvalue weighted by Crippen LogP contribution is -2.09. The predicted molar refractivity (Wildman–Crippen MR) is 53.9 cm³/mol. The maximum Gasteiger partial charge on any atom is 0.147 e. The van der Waals surface area contributed by atoms with Crippen molar-refractivity contribution < 1.29 is 13.9 Å². The summed E-state index contributed by atoms with van der Waals surface area (Å²) in [6.07, 6.45) is 2.02. The Kier molecular flexibility index (Phi) is 2.69. The first kappa shape index (κ1) is 10.8. The molecule has 0 saturated heterocycles. The average Bonchev–Trinajstić information content (AvgIpc) is 2.91. The summed E-state index contributed by atoms with van der Waals surface area (Å²) >= 11 is 5.55. The van der Waals surface area contributed by atoms with Crippen molar-refractivity contribution in [1.82, 2.24) is 0 Å². The highest BCUT2D eigenvalue weighted by Crippen LogP contribution is 2.39.